The van der Waals surface area contributed by atoms with Gasteiger partial charge in [-0.1, -0.05) is 6.92 Å². The summed E-state index contributed by atoms with van der Waals surface area (Å²) in [5.41, 5.74) is 0.889. The van der Waals surface area contributed by atoms with E-state index in [2.05, 4.69) is 15.3 Å². The molecule has 2 aromatic rings. The number of benzene rings is 1. The van der Waals surface area contributed by atoms with Crippen molar-refractivity contribution in [3.63, 3.8) is 0 Å². The molecular formula is C16H18FN3O2. The fraction of sp³-hybridized carbons (Fsp3) is 0.312. The smallest absolute Gasteiger partial charge is 0.346 e. The zero-order chi connectivity index (χ0) is 16.3. The van der Waals surface area contributed by atoms with Crippen molar-refractivity contribution in [2.45, 2.75) is 33.2 Å². The lowest BCUT2D eigenvalue weighted by Gasteiger charge is -2.11. The number of nitrogens with zero attached hydrogens (tertiary/aromatic N) is 1. The Morgan fingerprint density at radius 1 is 1.41 bits per heavy atom. The number of carbonyl (C=O) groups is 1. The summed E-state index contributed by atoms with van der Waals surface area (Å²) in [6.45, 7) is 5.46. The minimum atomic E-state index is -0.617. The second kappa shape index (κ2) is 6.51. The fourth-order valence-electron chi connectivity index (χ4n) is 1.94. The summed E-state index contributed by atoms with van der Waals surface area (Å²) in [6.07, 6.45) is 0.783. The number of rotatable bonds is 4. The number of aromatic nitrogens is 2. The minimum absolute atomic E-state index is 0.000632. The zero-order valence-electron chi connectivity index (χ0n) is 12.7. The van der Waals surface area contributed by atoms with Crippen LogP contribution in [0, 0.1) is 12.7 Å². The molecule has 0 bridgehead atoms. The highest BCUT2D eigenvalue weighted by molar-refractivity contribution is 5.93. The number of hydrogen-bond acceptors (Lipinski definition) is 3. The Bertz CT molecular complexity index is 755. The van der Waals surface area contributed by atoms with Gasteiger partial charge in [0.1, 0.15) is 11.5 Å². The number of amides is 1. The lowest BCUT2D eigenvalue weighted by Crippen LogP contribution is -2.33. The third kappa shape index (κ3) is 3.58. The van der Waals surface area contributed by atoms with Crippen molar-refractivity contribution in [3.8, 4) is 11.3 Å². The van der Waals surface area contributed by atoms with Crippen LogP contribution in [-0.4, -0.2) is 21.9 Å². The quantitative estimate of drug-likeness (QED) is 0.911. The van der Waals surface area contributed by atoms with E-state index >= 15 is 0 Å². The maximum atomic E-state index is 13.3. The number of hydrogen-bond donors (Lipinski definition) is 2. The third-order valence-electron chi connectivity index (χ3n) is 3.43. The van der Waals surface area contributed by atoms with Gasteiger partial charge in [-0.2, -0.15) is 4.98 Å². The molecular weight excluding hydrogens is 285 g/mol. The van der Waals surface area contributed by atoms with Gasteiger partial charge in [-0.05, 0) is 50.1 Å². The molecule has 1 aromatic heterocycles. The van der Waals surface area contributed by atoms with E-state index in [-0.39, 0.29) is 23.5 Å². The van der Waals surface area contributed by atoms with Gasteiger partial charge in [0.25, 0.3) is 5.91 Å². The number of aromatic amines is 1. The van der Waals surface area contributed by atoms with Gasteiger partial charge in [0.05, 0.1) is 5.69 Å². The highest BCUT2D eigenvalue weighted by Gasteiger charge is 2.13. The summed E-state index contributed by atoms with van der Waals surface area (Å²) in [5.74, 6) is -0.697. The molecule has 1 amide bonds. The maximum Gasteiger partial charge on any atom is 0.346 e. The van der Waals surface area contributed by atoms with Crippen LogP contribution in [0.2, 0.25) is 0 Å². The Kier molecular flexibility index (Phi) is 4.70. The molecule has 2 N–H and O–H groups in total. The van der Waals surface area contributed by atoms with E-state index in [9.17, 15) is 14.0 Å². The molecule has 0 fully saturated rings. The van der Waals surface area contributed by atoms with E-state index in [0.29, 0.717) is 16.8 Å². The number of nitrogens with one attached hydrogen (secondary N) is 2. The number of halogens is 1. The lowest BCUT2D eigenvalue weighted by atomic mass is 10.1. The molecule has 0 saturated heterocycles. The molecule has 2 rings (SSSR count). The molecule has 0 aliphatic rings. The molecule has 22 heavy (non-hydrogen) atoms. The Hall–Kier alpha value is -2.50. The molecule has 1 heterocycles. The molecule has 5 nitrogen and oxygen atoms in total. The van der Waals surface area contributed by atoms with Crippen LogP contribution < -0.4 is 11.0 Å². The van der Waals surface area contributed by atoms with E-state index in [1.54, 1.807) is 13.0 Å². The van der Waals surface area contributed by atoms with Gasteiger partial charge in [0, 0.05) is 11.6 Å². The summed E-state index contributed by atoms with van der Waals surface area (Å²) in [5, 5.41) is 2.78. The molecule has 1 unspecified atom stereocenters. The van der Waals surface area contributed by atoms with Crippen molar-refractivity contribution >= 4 is 5.91 Å². The number of aryl methyl sites for hydroxylation is 1. The highest BCUT2D eigenvalue weighted by atomic mass is 19.1. The second-order valence-electron chi connectivity index (χ2n) is 5.23. The Morgan fingerprint density at radius 3 is 2.77 bits per heavy atom. The number of carbonyl (C=O) groups excluding carboxylic acids is 1. The van der Waals surface area contributed by atoms with Crippen LogP contribution in [0.3, 0.4) is 0 Å². The average molecular weight is 303 g/mol. The normalized spacial score (nSPS) is 12.0. The zero-order valence-corrected chi connectivity index (χ0v) is 12.7. The average Bonchev–Trinajstić information content (AvgIpc) is 2.49. The van der Waals surface area contributed by atoms with Crippen molar-refractivity contribution in [1.82, 2.24) is 15.3 Å². The standard InChI is InChI=1S/C16H18FN3O2/c1-4-10(3)18-15(21)14-8-13(19-16(22)20-14)11-5-6-12(17)9(2)7-11/h5-8,10H,4H2,1-3H3,(H,18,21)(H,19,20,22). The van der Waals surface area contributed by atoms with E-state index in [1.165, 1.54) is 18.2 Å². The molecule has 0 saturated carbocycles. The van der Waals surface area contributed by atoms with E-state index in [1.807, 2.05) is 13.8 Å². The van der Waals surface area contributed by atoms with Crippen LogP contribution in [0.4, 0.5) is 4.39 Å². The van der Waals surface area contributed by atoms with Crippen LogP contribution in [0.15, 0.2) is 29.1 Å². The van der Waals surface area contributed by atoms with E-state index in [0.717, 1.165) is 6.42 Å². The first kappa shape index (κ1) is 15.9. The molecule has 1 aromatic carbocycles. The van der Waals surface area contributed by atoms with Crippen LogP contribution in [0.25, 0.3) is 11.3 Å². The summed E-state index contributed by atoms with van der Waals surface area (Å²) in [6, 6.07) is 5.92. The number of H-pyrrole nitrogens is 1. The van der Waals surface area contributed by atoms with Crippen molar-refractivity contribution in [3.05, 3.63) is 51.8 Å². The lowest BCUT2D eigenvalue weighted by molar-refractivity contribution is 0.0934. The van der Waals surface area contributed by atoms with Crippen LogP contribution in [0.5, 0.6) is 0 Å². The first-order valence-corrected chi connectivity index (χ1v) is 7.09. The molecule has 6 heteroatoms. The molecule has 0 aliphatic carbocycles. The van der Waals surface area contributed by atoms with Gasteiger partial charge in [0.15, 0.2) is 0 Å². The second-order valence-corrected chi connectivity index (χ2v) is 5.23. The highest BCUT2D eigenvalue weighted by Crippen LogP contribution is 2.19. The van der Waals surface area contributed by atoms with Crippen molar-refractivity contribution in [1.29, 1.82) is 0 Å². The van der Waals surface area contributed by atoms with Crippen molar-refractivity contribution in [2.75, 3.05) is 0 Å². The predicted octanol–water partition coefficient (Wildman–Crippen LogP) is 2.41. The molecule has 0 spiro atoms. The maximum absolute atomic E-state index is 13.3. The van der Waals surface area contributed by atoms with E-state index < -0.39 is 5.69 Å². The Labute approximate surface area is 127 Å². The van der Waals surface area contributed by atoms with Gasteiger partial charge < -0.3 is 10.3 Å². The fourth-order valence-corrected chi connectivity index (χ4v) is 1.94. The minimum Gasteiger partial charge on any atom is -0.348 e. The molecule has 1 atom stereocenters. The third-order valence-corrected chi connectivity index (χ3v) is 3.43. The Balaban J connectivity index is 2.40. The first-order chi connectivity index (χ1) is 10.4. The van der Waals surface area contributed by atoms with E-state index in [4.69, 9.17) is 0 Å². The van der Waals surface area contributed by atoms with Gasteiger partial charge >= 0.3 is 5.69 Å². The molecule has 0 aliphatic heterocycles. The van der Waals surface area contributed by atoms with Gasteiger partial charge in [0.2, 0.25) is 0 Å². The topological polar surface area (TPSA) is 74.8 Å². The summed E-state index contributed by atoms with van der Waals surface area (Å²) in [4.78, 5) is 30.0. The predicted molar refractivity (Wildman–Crippen MR) is 82.2 cm³/mol. The van der Waals surface area contributed by atoms with Gasteiger partial charge in [-0.15, -0.1) is 0 Å². The van der Waals surface area contributed by atoms with Gasteiger partial charge in [-0.25, -0.2) is 9.18 Å². The SMILES string of the molecule is CCC(C)NC(=O)c1cc(-c2ccc(F)c(C)c2)nc(=O)[nH]1. The molecule has 116 valence electrons. The first-order valence-electron chi connectivity index (χ1n) is 7.09. The van der Waals surface area contributed by atoms with Crippen LogP contribution >= 0.6 is 0 Å². The van der Waals surface area contributed by atoms with Crippen LogP contribution in [-0.2, 0) is 0 Å². The van der Waals surface area contributed by atoms with Gasteiger partial charge in [-0.3, -0.25) is 4.79 Å². The largest absolute Gasteiger partial charge is 0.348 e. The summed E-state index contributed by atoms with van der Waals surface area (Å²) >= 11 is 0. The monoisotopic (exact) mass is 303 g/mol. The Morgan fingerprint density at radius 2 is 2.14 bits per heavy atom. The van der Waals surface area contributed by atoms with Crippen LogP contribution in [0.1, 0.15) is 36.3 Å². The van der Waals surface area contributed by atoms with Crippen molar-refractivity contribution < 1.29 is 9.18 Å². The summed E-state index contributed by atoms with van der Waals surface area (Å²) < 4.78 is 13.3. The molecule has 0 radical (unpaired) electrons. The van der Waals surface area contributed by atoms with Crippen molar-refractivity contribution in [2.24, 2.45) is 0 Å². The summed E-state index contributed by atoms with van der Waals surface area (Å²) in [7, 11) is 0.